The molecule has 0 radical (unpaired) electrons. The van der Waals surface area contributed by atoms with Crippen molar-refractivity contribution in [1.82, 2.24) is 19.0 Å². The Labute approximate surface area is 225 Å². The van der Waals surface area contributed by atoms with Crippen molar-refractivity contribution in [2.75, 3.05) is 13.7 Å². The third kappa shape index (κ3) is 3.57. The van der Waals surface area contributed by atoms with E-state index in [0.29, 0.717) is 29.6 Å². The van der Waals surface area contributed by atoms with E-state index in [0.717, 1.165) is 54.9 Å². The van der Waals surface area contributed by atoms with Gasteiger partial charge in [-0.05, 0) is 73.1 Å². The zero-order valence-corrected chi connectivity index (χ0v) is 22.6. The fourth-order valence-electron chi connectivity index (χ4n) is 6.70. The highest BCUT2D eigenvalue weighted by Crippen LogP contribution is 2.41. The summed E-state index contributed by atoms with van der Waals surface area (Å²) in [6.07, 6.45) is 5.86. The number of ether oxygens (including phenoxy) is 1. The molecule has 3 atom stereocenters. The zero-order chi connectivity index (χ0) is 26.1. The Bertz CT molecular complexity index is 1620. The van der Waals surface area contributed by atoms with Crippen LogP contribution in [-0.2, 0) is 20.0 Å². The third-order valence-electron chi connectivity index (χ3n) is 8.88. The first-order chi connectivity index (χ1) is 18.5. The molecule has 0 unspecified atom stereocenters. The first-order valence-electron chi connectivity index (χ1n) is 13.6. The van der Waals surface area contributed by atoms with Crippen LogP contribution in [0.25, 0.3) is 32.8 Å². The number of fused-ring (bicyclic) bond motifs is 4. The van der Waals surface area contributed by atoms with Crippen LogP contribution in [-0.4, -0.2) is 50.7 Å². The molecule has 1 saturated heterocycles. The highest BCUT2D eigenvalue weighted by atomic mass is 32.1. The van der Waals surface area contributed by atoms with Crippen molar-refractivity contribution >= 4 is 38.5 Å². The van der Waals surface area contributed by atoms with Gasteiger partial charge < -0.3 is 24.5 Å². The molecule has 2 bridgehead atoms. The Balaban J connectivity index is 1.33. The van der Waals surface area contributed by atoms with Crippen LogP contribution < -0.4 is 10.5 Å². The number of imidazole rings is 1. The van der Waals surface area contributed by atoms with Crippen molar-refractivity contribution in [2.24, 2.45) is 24.6 Å². The van der Waals surface area contributed by atoms with Gasteiger partial charge in [-0.1, -0.05) is 0 Å². The van der Waals surface area contributed by atoms with Gasteiger partial charge in [-0.2, -0.15) is 5.26 Å². The molecule has 3 aliphatic rings. The van der Waals surface area contributed by atoms with Gasteiger partial charge in [0.05, 0.1) is 34.6 Å². The number of hydrogen-bond acceptors (Lipinski definition) is 6. The largest absolute Gasteiger partial charge is 0.494 e. The number of nitrogens with zero attached hydrogens (tertiary/aromatic N) is 5. The van der Waals surface area contributed by atoms with Crippen molar-refractivity contribution in [3.63, 3.8) is 0 Å². The number of nitrogens with two attached hydrogens (primary N) is 1. The lowest BCUT2D eigenvalue weighted by molar-refractivity contribution is 0.0700. The van der Waals surface area contributed by atoms with Crippen LogP contribution in [0.2, 0.25) is 0 Å². The number of benzene rings is 1. The zero-order valence-electron chi connectivity index (χ0n) is 21.8. The number of amides is 1. The topological polar surface area (TPSA) is 102 Å². The van der Waals surface area contributed by atoms with E-state index in [1.807, 2.05) is 24.1 Å². The maximum Gasteiger partial charge on any atom is 0.254 e. The molecule has 1 aliphatic heterocycles. The molecule has 1 aromatic carbocycles. The summed E-state index contributed by atoms with van der Waals surface area (Å²) in [5.41, 5.74) is 12.2. The van der Waals surface area contributed by atoms with Gasteiger partial charge >= 0.3 is 0 Å². The quantitative estimate of drug-likeness (QED) is 0.375. The fourth-order valence-corrected chi connectivity index (χ4v) is 7.74. The Morgan fingerprint density at radius 3 is 2.76 bits per heavy atom. The van der Waals surface area contributed by atoms with Crippen molar-refractivity contribution in [3.05, 3.63) is 34.7 Å². The fraction of sp³-hybridized carbons (Fsp3) is 0.483. The summed E-state index contributed by atoms with van der Waals surface area (Å²) in [5, 5.41) is 11.4. The second-order valence-electron chi connectivity index (χ2n) is 11.2. The number of likely N-dealkylation sites (tertiary alicyclic amines) is 1. The number of thiophene rings is 1. The molecular formula is C29H32N6O2S. The number of methoxy groups -OCH3 is 1. The van der Waals surface area contributed by atoms with Crippen molar-refractivity contribution in [1.29, 1.82) is 5.26 Å². The number of nitriles is 1. The number of hydrogen-bond donors (Lipinski definition) is 1. The molecule has 2 N–H and O–H groups in total. The maximum atomic E-state index is 13.6. The molecule has 1 amide bonds. The number of carbonyl (C=O) groups is 1. The van der Waals surface area contributed by atoms with E-state index in [2.05, 4.69) is 26.6 Å². The second-order valence-corrected chi connectivity index (χ2v) is 12.1. The van der Waals surface area contributed by atoms with Gasteiger partial charge in [-0.25, -0.2) is 4.98 Å². The number of carbonyl (C=O) groups excluding carboxylic acids is 1. The molecule has 2 saturated carbocycles. The first kappa shape index (κ1) is 23.7. The molecule has 2 aliphatic carbocycles. The van der Waals surface area contributed by atoms with Crippen LogP contribution in [0.3, 0.4) is 0 Å². The molecule has 0 spiro atoms. The Kier molecular flexibility index (Phi) is 5.53. The molecule has 3 fully saturated rings. The van der Waals surface area contributed by atoms with Crippen LogP contribution in [0.1, 0.15) is 48.0 Å². The van der Waals surface area contributed by atoms with Gasteiger partial charge in [0, 0.05) is 44.2 Å². The average Bonchev–Trinajstić information content (AvgIpc) is 3.17. The van der Waals surface area contributed by atoms with Gasteiger partial charge in [-0.3, -0.25) is 4.79 Å². The van der Waals surface area contributed by atoms with Gasteiger partial charge in [0.15, 0.2) is 5.82 Å². The number of piperidine rings is 1. The Hall–Kier alpha value is -3.35. The van der Waals surface area contributed by atoms with Crippen LogP contribution >= 0.6 is 11.3 Å². The highest BCUT2D eigenvalue weighted by Gasteiger charge is 2.47. The summed E-state index contributed by atoms with van der Waals surface area (Å²) in [7, 11) is 3.67. The van der Waals surface area contributed by atoms with Gasteiger partial charge in [0.1, 0.15) is 11.3 Å². The van der Waals surface area contributed by atoms with E-state index >= 15 is 0 Å². The van der Waals surface area contributed by atoms with E-state index in [4.69, 9.17) is 15.5 Å². The number of rotatable bonds is 7. The molecule has 7 rings (SSSR count). The van der Waals surface area contributed by atoms with Gasteiger partial charge in [0.25, 0.3) is 5.91 Å². The summed E-state index contributed by atoms with van der Waals surface area (Å²) >= 11 is 1.74. The van der Waals surface area contributed by atoms with Crippen LogP contribution in [0.5, 0.6) is 5.75 Å². The molecule has 3 aromatic heterocycles. The van der Waals surface area contributed by atoms with Crippen molar-refractivity contribution in [2.45, 2.75) is 57.2 Å². The summed E-state index contributed by atoms with van der Waals surface area (Å²) in [4.78, 5) is 20.7. The molecular weight excluding hydrogens is 496 g/mol. The number of aromatic nitrogens is 3. The second kappa shape index (κ2) is 8.85. The molecule has 4 aromatic rings. The van der Waals surface area contributed by atoms with E-state index in [9.17, 15) is 10.1 Å². The summed E-state index contributed by atoms with van der Waals surface area (Å²) in [6, 6.07) is 8.51. The molecule has 196 valence electrons. The predicted octanol–water partition coefficient (Wildman–Crippen LogP) is 4.69. The molecule has 9 heteroatoms. The predicted molar refractivity (Wildman–Crippen MR) is 148 cm³/mol. The monoisotopic (exact) mass is 528 g/mol. The van der Waals surface area contributed by atoms with Crippen LogP contribution in [0, 0.1) is 23.2 Å². The summed E-state index contributed by atoms with van der Waals surface area (Å²) in [6.45, 7) is 1.69. The Morgan fingerprint density at radius 1 is 1.24 bits per heavy atom. The van der Waals surface area contributed by atoms with E-state index in [1.54, 1.807) is 18.4 Å². The molecule has 4 heterocycles. The minimum absolute atomic E-state index is 0.0137. The standard InChI is InChI=1S/C29H32N6O2S/c1-33-27-20(10-19(11-23(27)37-2)29(36)35-14-17-7-8-21(35)25(17)31)32-28(33)22-12-24-26(34(22)13-16-5-6-16)18(15-38-24)4-3-9-30/h10-12,15-17,21,25H,3-8,13-14,31H2,1-2H3/t17-,21-,25-/m1/s1. The van der Waals surface area contributed by atoms with Crippen LogP contribution in [0.4, 0.5) is 0 Å². The first-order valence-corrected chi connectivity index (χ1v) is 14.4. The average molecular weight is 529 g/mol. The minimum atomic E-state index is 0.0137. The highest BCUT2D eigenvalue weighted by molar-refractivity contribution is 7.17. The van der Waals surface area contributed by atoms with E-state index in [-0.39, 0.29) is 18.0 Å². The normalized spacial score (nSPS) is 22.6. The lowest BCUT2D eigenvalue weighted by Gasteiger charge is -2.27. The third-order valence-corrected chi connectivity index (χ3v) is 9.85. The van der Waals surface area contributed by atoms with E-state index in [1.165, 1.54) is 28.6 Å². The lowest BCUT2D eigenvalue weighted by Crippen LogP contribution is -2.41. The molecule has 8 nitrogen and oxygen atoms in total. The maximum absolute atomic E-state index is 13.6. The Morgan fingerprint density at radius 2 is 2.08 bits per heavy atom. The van der Waals surface area contributed by atoms with Crippen molar-refractivity contribution in [3.8, 4) is 23.3 Å². The van der Waals surface area contributed by atoms with Crippen LogP contribution in [0.15, 0.2) is 23.6 Å². The smallest absolute Gasteiger partial charge is 0.254 e. The SMILES string of the molecule is COc1cc(C(=O)N2C[C@H]3CC[C@@H]2[C@@H]3N)cc2nc(-c3cc4scc(CCC#N)c4n3CC3CC3)n(C)c12. The van der Waals surface area contributed by atoms with Gasteiger partial charge in [-0.15, -0.1) is 11.3 Å². The number of aryl methyl sites for hydroxylation is 2. The molecule has 38 heavy (non-hydrogen) atoms. The summed E-state index contributed by atoms with van der Waals surface area (Å²) in [5.74, 6) is 2.61. The lowest BCUT2D eigenvalue weighted by atomic mass is 10.1. The van der Waals surface area contributed by atoms with Gasteiger partial charge in [0.2, 0.25) is 0 Å². The van der Waals surface area contributed by atoms with Crippen molar-refractivity contribution < 1.29 is 9.53 Å². The summed E-state index contributed by atoms with van der Waals surface area (Å²) < 4.78 is 11.5. The minimum Gasteiger partial charge on any atom is -0.494 e. The van der Waals surface area contributed by atoms with E-state index < -0.39 is 0 Å².